The lowest BCUT2D eigenvalue weighted by atomic mass is 10.2. The van der Waals surface area contributed by atoms with Crippen LogP contribution >= 0.6 is 0 Å². The summed E-state index contributed by atoms with van der Waals surface area (Å²) in [7, 11) is 0. The second-order valence-corrected chi connectivity index (χ2v) is 4.51. The van der Waals surface area contributed by atoms with Crippen molar-refractivity contribution in [3.63, 3.8) is 0 Å². The molecule has 1 saturated heterocycles. The zero-order valence-corrected chi connectivity index (χ0v) is 8.31. The van der Waals surface area contributed by atoms with Crippen LogP contribution in [-0.4, -0.2) is 32.1 Å². The zero-order valence-electron chi connectivity index (χ0n) is 7.49. The maximum atomic E-state index is 10.7. The molecule has 0 amide bonds. The van der Waals surface area contributed by atoms with E-state index in [1.807, 2.05) is 0 Å². The van der Waals surface area contributed by atoms with Gasteiger partial charge in [-0.25, -0.2) is 0 Å². The van der Waals surface area contributed by atoms with Crippen LogP contribution in [0.4, 0.5) is 0 Å². The molecule has 1 aliphatic rings. The molecular weight excluding hydrogens is 174 g/mol. The third kappa shape index (κ3) is 2.84. The third-order valence-electron chi connectivity index (χ3n) is 2.43. The number of likely N-dealkylation sites (tertiary alicyclic amines) is 1. The lowest BCUT2D eigenvalue weighted by molar-refractivity contribution is 0.264. The molecule has 12 heavy (non-hydrogen) atoms. The van der Waals surface area contributed by atoms with Crippen LogP contribution < -0.4 is 0 Å². The van der Waals surface area contributed by atoms with E-state index >= 15 is 0 Å². The molecule has 0 aromatic heterocycles. The molecule has 0 N–H and O–H groups in total. The van der Waals surface area contributed by atoms with Crippen molar-refractivity contribution in [3.8, 4) is 0 Å². The Balaban J connectivity index is 2.42. The molecule has 1 fully saturated rings. The SMILES string of the molecule is CC(N1CCCCCC1)S(=O)[O-]. The summed E-state index contributed by atoms with van der Waals surface area (Å²) in [6, 6.07) is 0. The summed E-state index contributed by atoms with van der Waals surface area (Å²) in [4.78, 5) is 2.05. The molecule has 3 nitrogen and oxygen atoms in total. The fraction of sp³-hybridized carbons (Fsp3) is 1.00. The highest BCUT2D eigenvalue weighted by Crippen LogP contribution is 2.13. The van der Waals surface area contributed by atoms with Crippen LogP contribution in [0.5, 0.6) is 0 Å². The fourth-order valence-corrected chi connectivity index (χ4v) is 2.03. The predicted molar refractivity (Wildman–Crippen MR) is 48.4 cm³/mol. The predicted octanol–water partition coefficient (Wildman–Crippen LogP) is 1.09. The number of hydrogen-bond acceptors (Lipinski definition) is 3. The van der Waals surface area contributed by atoms with E-state index in [0.29, 0.717) is 0 Å². The molecule has 0 radical (unpaired) electrons. The minimum atomic E-state index is -1.94. The topological polar surface area (TPSA) is 43.4 Å². The lowest BCUT2D eigenvalue weighted by Crippen LogP contribution is -2.36. The monoisotopic (exact) mass is 190 g/mol. The van der Waals surface area contributed by atoms with E-state index in [4.69, 9.17) is 0 Å². The van der Waals surface area contributed by atoms with Crippen molar-refractivity contribution in [2.75, 3.05) is 13.1 Å². The smallest absolute Gasteiger partial charge is 0.0697 e. The Kier molecular flexibility index (Phi) is 4.18. The van der Waals surface area contributed by atoms with Crippen LogP contribution in [0.1, 0.15) is 32.6 Å². The van der Waals surface area contributed by atoms with Crippen molar-refractivity contribution in [2.45, 2.75) is 38.0 Å². The zero-order chi connectivity index (χ0) is 8.97. The minimum absolute atomic E-state index is 0.303. The first-order chi connectivity index (χ1) is 5.72. The van der Waals surface area contributed by atoms with E-state index in [1.54, 1.807) is 6.92 Å². The highest BCUT2D eigenvalue weighted by atomic mass is 32.2. The largest absolute Gasteiger partial charge is 0.771 e. The summed E-state index contributed by atoms with van der Waals surface area (Å²) in [5, 5.41) is -0.303. The number of hydrogen-bond donors (Lipinski definition) is 0. The van der Waals surface area contributed by atoms with Crippen LogP contribution in [0.25, 0.3) is 0 Å². The molecule has 2 unspecified atom stereocenters. The fourth-order valence-electron chi connectivity index (χ4n) is 1.58. The third-order valence-corrected chi connectivity index (χ3v) is 3.29. The Morgan fingerprint density at radius 2 is 1.75 bits per heavy atom. The van der Waals surface area contributed by atoms with Gasteiger partial charge >= 0.3 is 0 Å². The second-order valence-electron chi connectivity index (χ2n) is 3.31. The number of nitrogens with zero attached hydrogens (tertiary/aromatic N) is 1. The molecule has 1 heterocycles. The molecular formula is C8H16NO2S-. The van der Waals surface area contributed by atoms with Crippen LogP contribution in [0.2, 0.25) is 0 Å². The van der Waals surface area contributed by atoms with Gasteiger partial charge in [0.2, 0.25) is 0 Å². The first-order valence-corrected chi connectivity index (χ1v) is 5.68. The van der Waals surface area contributed by atoms with Crippen molar-refractivity contribution in [1.82, 2.24) is 4.90 Å². The molecule has 4 heteroatoms. The van der Waals surface area contributed by atoms with Gasteiger partial charge in [-0.05, 0) is 43.9 Å². The second kappa shape index (κ2) is 4.94. The average Bonchev–Trinajstić information content (AvgIpc) is 2.30. The average molecular weight is 190 g/mol. The van der Waals surface area contributed by atoms with Gasteiger partial charge in [0.25, 0.3) is 0 Å². The first kappa shape index (κ1) is 10.2. The Morgan fingerprint density at radius 3 is 2.17 bits per heavy atom. The summed E-state index contributed by atoms with van der Waals surface area (Å²) in [6.45, 7) is 3.64. The van der Waals surface area contributed by atoms with E-state index in [0.717, 1.165) is 25.9 Å². The van der Waals surface area contributed by atoms with E-state index in [1.165, 1.54) is 12.8 Å². The van der Waals surface area contributed by atoms with Crippen LogP contribution in [0.15, 0.2) is 0 Å². The summed E-state index contributed by atoms with van der Waals surface area (Å²) >= 11 is -1.94. The Hall–Kier alpha value is 0.0700. The quantitative estimate of drug-likeness (QED) is 0.612. The van der Waals surface area contributed by atoms with Gasteiger partial charge in [-0.2, -0.15) is 0 Å². The molecule has 1 aliphatic heterocycles. The highest BCUT2D eigenvalue weighted by Gasteiger charge is 2.15. The highest BCUT2D eigenvalue weighted by molar-refractivity contribution is 7.79. The summed E-state index contributed by atoms with van der Waals surface area (Å²) in [5.41, 5.74) is 0. The number of rotatable bonds is 2. The molecule has 0 saturated carbocycles. The molecule has 0 aliphatic carbocycles. The van der Waals surface area contributed by atoms with Gasteiger partial charge in [0.05, 0.1) is 5.37 Å². The van der Waals surface area contributed by atoms with Crippen molar-refractivity contribution in [2.24, 2.45) is 0 Å². The van der Waals surface area contributed by atoms with Crippen molar-refractivity contribution in [3.05, 3.63) is 0 Å². The molecule has 1 rings (SSSR count). The van der Waals surface area contributed by atoms with Crippen LogP contribution in [-0.2, 0) is 11.1 Å². The molecule has 72 valence electrons. The van der Waals surface area contributed by atoms with Gasteiger partial charge < -0.3 is 4.55 Å². The Bertz CT molecular complexity index is 155. The lowest BCUT2D eigenvalue weighted by Gasteiger charge is -2.28. The van der Waals surface area contributed by atoms with Gasteiger partial charge in [-0.3, -0.25) is 9.11 Å². The van der Waals surface area contributed by atoms with Gasteiger partial charge in [0.15, 0.2) is 0 Å². The van der Waals surface area contributed by atoms with E-state index in [9.17, 15) is 8.76 Å². The molecule has 0 aromatic rings. The van der Waals surface area contributed by atoms with Gasteiger partial charge in [0, 0.05) is 0 Å². The van der Waals surface area contributed by atoms with Crippen molar-refractivity contribution >= 4 is 11.1 Å². The maximum absolute atomic E-state index is 10.7. The van der Waals surface area contributed by atoms with E-state index in [2.05, 4.69) is 4.90 Å². The van der Waals surface area contributed by atoms with Gasteiger partial charge in [-0.15, -0.1) is 0 Å². The summed E-state index contributed by atoms with van der Waals surface area (Å²) in [5.74, 6) is 0. The van der Waals surface area contributed by atoms with Crippen LogP contribution in [0, 0.1) is 0 Å². The standard InChI is InChI=1S/C8H17NO2S/c1-8(12(10)11)9-6-4-2-3-5-7-9/h8H,2-7H2,1H3,(H,10,11)/p-1. The molecule has 0 spiro atoms. The normalized spacial score (nSPS) is 26.2. The maximum Gasteiger partial charge on any atom is 0.0697 e. The van der Waals surface area contributed by atoms with E-state index < -0.39 is 11.1 Å². The summed E-state index contributed by atoms with van der Waals surface area (Å²) < 4.78 is 21.3. The molecule has 0 aromatic carbocycles. The van der Waals surface area contributed by atoms with Gasteiger partial charge in [0.1, 0.15) is 0 Å². The first-order valence-electron chi connectivity index (χ1n) is 4.54. The van der Waals surface area contributed by atoms with Gasteiger partial charge in [-0.1, -0.05) is 12.8 Å². The Morgan fingerprint density at radius 1 is 1.25 bits per heavy atom. The van der Waals surface area contributed by atoms with Crippen LogP contribution in [0.3, 0.4) is 0 Å². The van der Waals surface area contributed by atoms with E-state index in [-0.39, 0.29) is 5.37 Å². The molecule has 2 atom stereocenters. The molecule has 0 bridgehead atoms. The van der Waals surface area contributed by atoms with Crippen molar-refractivity contribution < 1.29 is 8.76 Å². The Labute approximate surface area is 76.4 Å². The van der Waals surface area contributed by atoms with Crippen molar-refractivity contribution in [1.29, 1.82) is 0 Å². The summed E-state index contributed by atoms with van der Waals surface area (Å²) in [6.07, 6.45) is 4.77. The minimum Gasteiger partial charge on any atom is -0.771 e.